The van der Waals surface area contributed by atoms with Crippen LogP contribution in [0.25, 0.3) is 0 Å². The number of halogens is 1. The molecule has 1 atom stereocenters. The summed E-state index contributed by atoms with van der Waals surface area (Å²) in [7, 11) is 0. The first-order valence-corrected chi connectivity index (χ1v) is 6.48. The van der Waals surface area contributed by atoms with Crippen molar-refractivity contribution in [3.8, 4) is 0 Å². The van der Waals surface area contributed by atoms with Crippen molar-refractivity contribution in [2.75, 3.05) is 11.9 Å². The Bertz CT molecular complexity index is 495. The van der Waals surface area contributed by atoms with Gasteiger partial charge in [0.1, 0.15) is 6.33 Å². The number of nitrogens with one attached hydrogen (secondary N) is 1. The van der Waals surface area contributed by atoms with E-state index in [1.807, 2.05) is 12.1 Å². The number of rotatable bonds is 4. The molecule has 2 rings (SSSR count). The van der Waals surface area contributed by atoms with Crippen LogP contribution in [-0.2, 0) is 0 Å². The molecule has 94 valence electrons. The monoisotopic (exact) mass is 306 g/mol. The molecule has 4 nitrogen and oxygen atoms in total. The zero-order valence-electron chi connectivity index (χ0n) is 10.1. The van der Waals surface area contributed by atoms with Gasteiger partial charge in [-0.15, -0.1) is 0 Å². The molecule has 1 aromatic heterocycles. The predicted octanol–water partition coefficient (Wildman–Crippen LogP) is 2.66. The Labute approximate surface area is 115 Å². The Balaban J connectivity index is 2.20. The predicted molar refractivity (Wildman–Crippen MR) is 76.3 cm³/mol. The Kier molecular flexibility index (Phi) is 4.28. The number of nitrogens with zero attached hydrogens (tertiary/aromatic N) is 2. The van der Waals surface area contributed by atoms with E-state index in [9.17, 15) is 0 Å². The summed E-state index contributed by atoms with van der Waals surface area (Å²) in [6.45, 7) is 2.53. The molecule has 0 aliphatic rings. The maximum Gasteiger partial charge on any atom is 0.115 e. The van der Waals surface area contributed by atoms with E-state index < -0.39 is 0 Å². The number of benzene rings is 1. The first-order chi connectivity index (χ1) is 8.69. The van der Waals surface area contributed by atoms with Gasteiger partial charge in [0.2, 0.25) is 0 Å². The van der Waals surface area contributed by atoms with Crippen LogP contribution in [0.1, 0.15) is 17.3 Å². The molecule has 0 amide bonds. The van der Waals surface area contributed by atoms with Gasteiger partial charge < -0.3 is 11.1 Å². The number of nitrogens with two attached hydrogens (primary N) is 1. The van der Waals surface area contributed by atoms with Crippen molar-refractivity contribution >= 4 is 21.6 Å². The summed E-state index contributed by atoms with van der Waals surface area (Å²) in [5, 5.41) is 3.38. The minimum absolute atomic E-state index is 0.0123. The largest absolute Gasteiger partial charge is 0.375 e. The quantitative estimate of drug-likeness (QED) is 0.911. The van der Waals surface area contributed by atoms with Crippen molar-refractivity contribution in [2.24, 2.45) is 5.73 Å². The van der Waals surface area contributed by atoms with Gasteiger partial charge in [0.25, 0.3) is 0 Å². The summed E-state index contributed by atoms with van der Waals surface area (Å²) in [5.74, 6) is 0. The van der Waals surface area contributed by atoms with Crippen LogP contribution < -0.4 is 11.1 Å². The average Bonchev–Trinajstić information content (AvgIpc) is 2.36. The number of aryl methyl sites for hydroxylation is 1. The lowest BCUT2D eigenvalue weighted by Gasteiger charge is -2.18. The summed E-state index contributed by atoms with van der Waals surface area (Å²) in [6, 6.07) is 8.02. The minimum atomic E-state index is -0.0123. The van der Waals surface area contributed by atoms with Gasteiger partial charge in [0.05, 0.1) is 11.7 Å². The van der Waals surface area contributed by atoms with E-state index in [0.29, 0.717) is 6.54 Å². The SMILES string of the molecule is Cc1cc(Br)cc(NC(CN)c2ccncn2)c1. The summed E-state index contributed by atoms with van der Waals surface area (Å²) in [5.41, 5.74) is 8.90. The van der Waals surface area contributed by atoms with Gasteiger partial charge in [-0.05, 0) is 36.8 Å². The van der Waals surface area contributed by atoms with Crippen LogP contribution in [-0.4, -0.2) is 16.5 Å². The Hall–Kier alpha value is -1.46. The third-order valence-corrected chi connectivity index (χ3v) is 3.04. The van der Waals surface area contributed by atoms with Crippen LogP contribution in [0.2, 0.25) is 0 Å². The van der Waals surface area contributed by atoms with E-state index in [0.717, 1.165) is 15.9 Å². The molecule has 1 heterocycles. The highest BCUT2D eigenvalue weighted by Crippen LogP contribution is 2.22. The summed E-state index contributed by atoms with van der Waals surface area (Å²) >= 11 is 3.48. The normalized spacial score (nSPS) is 12.2. The summed E-state index contributed by atoms with van der Waals surface area (Å²) < 4.78 is 1.04. The second-order valence-corrected chi connectivity index (χ2v) is 5.00. The molecule has 0 fully saturated rings. The van der Waals surface area contributed by atoms with Crippen LogP contribution in [0, 0.1) is 6.92 Å². The summed E-state index contributed by atoms with van der Waals surface area (Å²) in [4.78, 5) is 8.14. The molecule has 1 aromatic carbocycles. The lowest BCUT2D eigenvalue weighted by atomic mass is 10.1. The van der Waals surface area contributed by atoms with E-state index in [1.54, 1.807) is 6.20 Å². The molecule has 3 N–H and O–H groups in total. The van der Waals surface area contributed by atoms with E-state index in [4.69, 9.17) is 5.73 Å². The molecule has 0 aliphatic heterocycles. The minimum Gasteiger partial charge on any atom is -0.375 e. The van der Waals surface area contributed by atoms with Gasteiger partial charge in [-0.1, -0.05) is 15.9 Å². The lowest BCUT2D eigenvalue weighted by Crippen LogP contribution is -2.21. The third kappa shape index (κ3) is 3.27. The molecule has 1 unspecified atom stereocenters. The molecular formula is C13H15BrN4. The maximum atomic E-state index is 5.79. The van der Waals surface area contributed by atoms with Gasteiger partial charge in [0, 0.05) is 22.9 Å². The first kappa shape index (κ1) is 13.0. The highest BCUT2D eigenvalue weighted by Gasteiger charge is 2.10. The molecule has 0 saturated heterocycles. The van der Waals surface area contributed by atoms with Gasteiger partial charge in [0.15, 0.2) is 0 Å². The topological polar surface area (TPSA) is 63.8 Å². The fourth-order valence-electron chi connectivity index (χ4n) is 1.78. The second-order valence-electron chi connectivity index (χ2n) is 4.08. The lowest BCUT2D eigenvalue weighted by molar-refractivity contribution is 0.755. The average molecular weight is 307 g/mol. The van der Waals surface area contributed by atoms with Crippen molar-refractivity contribution < 1.29 is 0 Å². The van der Waals surface area contributed by atoms with Crippen LogP contribution in [0.5, 0.6) is 0 Å². The Morgan fingerprint density at radius 1 is 1.39 bits per heavy atom. The van der Waals surface area contributed by atoms with Gasteiger partial charge in [-0.25, -0.2) is 9.97 Å². The van der Waals surface area contributed by atoms with Crippen LogP contribution in [0.4, 0.5) is 5.69 Å². The van der Waals surface area contributed by atoms with Crippen molar-refractivity contribution in [3.63, 3.8) is 0 Å². The number of hydrogen-bond acceptors (Lipinski definition) is 4. The molecule has 2 aromatic rings. The van der Waals surface area contributed by atoms with Crippen LogP contribution in [0.3, 0.4) is 0 Å². The fourth-order valence-corrected chi connectivity index (χ4v) is 2.39. The molecule has 0 bridgehead atoms. The van der Waals surface area contributed by atoms with E-state index >= 15 is 0 Å². The van der Waals surface area contributed by atoms with Gasteiger partial charge in [-0.3, -0.25) is 0 Å². The number of hydrogen-bond donors (Lipinski definition) is 2. The van der Waals surface area contributed by atoms with Crippen LogP contribution in [0.15, 0.2) is 41.3 Å². The van der Waals surface area contributed by atoms with E-state index in [1.165, 1.54) is 11.9 Å². The molecule has 0 saturated carbocycles. The fraction of sp³-hybridized carbons (Fsp3) is 0.231. The number of aromatic nitrogens is 2. The Morgan fingerprint density at radius 3 is 2.83 bits per heavy atom. The molecule has 5 heteroatoms. The highest BCUT2D eigenvalue weighted by molar-refractivity contribution is 9.10. The van der Waals surface area contributed by atoms with Gasteiger partial charge in [-0.2, -0.15) is 0 Å². The van der Waals surface area contributed by atoms with Crippen molar-refractivity contribution in [1.82, 2.24) is 9.97 Å². The zero-order chi connectivity index (χ0) is 13.0. The Morgan fingerprint density at radius 2 is 2.22 bits per heavy atom. The third-order valence-electron chi connectivity index (χ3n) is 2.58. The summed E-state index contributed by atoms with van der Waals surface area (Å²) in [6.07, 6.45) is 3.25. The van der Waals surface area contributed by atoms with Crippen molar-refractivity contribution in [3.05, 3.63) is 52.5 Å². The van der Waals surface area contributed by atoms with E-state index in [2.05, 4.69) is 50.3 Å². The van der Waals surface area contributed by atoms with E-state index in [-0.39, 0.29) is 6.04 Å². The molecule has 0 radical (unpaired) electrons. The first-order valence-electron chi connectivity index (χ1n) is 5.69. The standard InChI is InChI=1S/C13H15BrN4/c1-9-4-10(14)6-11(5-9)18-13(7-15)12-2-3-16-8-17-12/h2-6,8,13,18H,7,15H2,1H3. The smallest absolute Gasteiger partial charge is 0.115 e. The zero-order valence-corrected chi connectivity index (χ0v) is 11.7. The number of anilines is 1. The molecule has 0 spiro atoms. The second kappa shape index (κ2) is 5.93. The molecular weight excluding hydrogens is 292 g/mol. The van der Waals surface area contributed by atoms with Crippen LogP contribution >= 0.6 is 15.9 Å². The molecule has 18 heavy (non-hydrogen) atoms. The van der Waals surface area contributed by atoms with Gasteiger partial charge >= 0.3 is 0 Å². The molecule has 0 aliphatic carbocycles. The highest BCUT2D eigenvalue weighted by atomic mass is 79.9. The maximum absolute atomic E-state index is 5.79. The van der Waals surface area contributed by atoms with Crippen molar-refractivity contribution in [2.45, 2.75) is 13.0 Å². The van der Waals surface area contributed by atoms with Crippen molar-refractivity contribution in [1.29, 1.82) is 0 Å².